The van der Waals surface area contributed by atoms with Crippen molar-refractivity contribution in [3.63, 3.8) is 0 Å². The van der Waals surface area contributed by atoms with E-state index in [2.05, 4.69) is 10.3 Å². The number of anilines is 1. The van der Waals surface area contributed by atoms with Crippen molar-refractivity contribution in [3.05, 3.63) is 40.4 Å². The van der Waals surface area contributed by atoms with Crippen LogP contribution < -0.4 is 5.32 Å². The van der Waals surface area contributed by atoms with Crippen molar-refractivity contribution < 1.29 is 18.0 Å². The molecule has 1 N–H and O–H groups in total. The predicted molar refractivity (Wildman–Crippen MR) is 120 cm³/mol. The number of nitrogens with zero attached hydrogens (tertiary/aromatic N) is 2. The highest BCUT2D eigenvalue weighted by Crippen LogP contribution is 2.31. The molecule has 0 saturated heterocycles. The van der Waals surface area contributed by atoms with Crippen LogP contribution in [-0.2, 0) is 38.8 Å². The fraction of sp³-hybridized carbons (Fsp3) is 0.500. The van der Waals surface area contributed by atoms with Gasteiger partial charge in [-0.05, 0) is 44.4 Å². The van der Waals surface area contributed by atoms with Gasteiger partial charge in [0.1, 0.15) is 0 Å². The average molecular weight is 462 g/mol. The molecule has 1 aliphatic carbocycles. The molecule has 1 aliphatic heterocycles. The van der Waals surface area contributed by atoms with E-state index in [0.717, 1.165) is 35.4 Å². The van der Waals surface area contributed by atoms with E-state index in [0.29, 0.717) is 24.6 Å². The van der Waals surface area contributed by atoms with Gasteiger partial charge in [0.05, 0.1) is 28.8 Å². The number of carbonyl (C=O) groups is 2. The zero-order valence-electron chi connectivity index (χ0n) is 17.8. The molecule has 7 nitrogen and oxygen atoms in total. The van der Waals surface area contributed by atoms with Crippen LogP contribution in [0.4, 0.5) is 5.13 Å². The van der Waals surface area contributed by atoms with E-state index in [1.54, 1.807) is 43.0 Å². The zero-order chi connectivity index (χ0) is 22.2. The van der Waals surface area contributed by atoms with Crippen LogP contribution in [0.2, 0.25) is 0 Å². The second-order valence-electron chi connectivity index (χ2n) is 8.49. The van der Waals surface area contributed by atoms with Crippen LogP contribution in [0.25, 0.3) is 0 Å². The molecule has 0 bridgehead atoms. The van der Waals surface area contributed by atoms with E-state index in [4.69, 9.17) is 0 Å². The molecule has 1 saturated carbocycles. The average Bonchev–Trinajstić information content (AvgIpc) is 3.08. The number of nitrogens with one attached hydrogen (secondary N) is 1. The summed E-state index contributed by atoms with van der Waals surface area (Å²) in [5.41, 5.74) is 1.75. The lowest BCUT2D eigenvalue weighted by Gasteiger charge is -2.26. The Balaban J connectivity index is 1.37. The molecule has 166 valence electrons. The van der Waals surface area contributed by atoms with E-state index >= 15 is 0 Å². The third-order valence-electron chi connectivity index (χ3n) is 6.02. The van der Waals surface area contributed by atoms with Crippen molar-refractivity contribution in [1.82, 2.24) is 9.88 Å². The molecule has 2 heterocycles. The second-order valence-corrected chi connectivity index (χ2v) is 12.1. The third-order valence-corrected chi connectivity index (χ3v) is 9.19. The van der Waals surface area contributed by atoms with E-state index in [1.165, 1.54) is 11.3 Å². The fourth-order valence-electron chi connectivity index (χ4n) is 3.70. The highest BCUT2D eigenvalue weighted by Gasteiger charge is 2.28. The lowest BCUT2D eigenvalue weighted by molar-refractivity contribution is -0.131. The summed E-state index contributed by atoms with van der Waals surface area (Å²) in [5.74, 6) is 0.160. The molecule has 9 heteroatoms. The van der Waals surface area contributed by atoms with Crippen molar-refractivity contribution in [3.8, 4) is 0 Å². The van der Waals surface area contributed by atoms with Crippen molar-refractivity contribution in [2.75, 3.05) is 11.9 Å². The Hall–Kier alpha value is -2.26. The number of amides is 2. The van der Waals surface area contributed by atoms with Crippen molar-refractivity contribution in [1.29, 1.82) is 0 Å². The Bertz CT molecular complexity index is 1090. The molecule has 2 aliphatic rings. The van der Waals surface area contributed by atoms with E-state index in [9.17, 15) is 18.0 Å². The number of hydrogen-bond acceptors (Lipinski definition) is 6. The van der Waals surface area contributed by atoms with E-state index in [1.807, 2.05) is 0 Å². The van der Waals surface area contributed by atoms with Gasteiger partial charge in [0.2, 0.25) is 11.8 Å². The van der Waals surface area contributed by atoms with Crippen LogP contribution in [0.1, 0.15) is 49.2 Å². The monoisotopic (exact) mass is 461 g/mol. The van der Waals surface area contributed by atoms with Gasteiger partial charge in [-0.3, -0.25) is 9.59 Å². The van der Waals surface area contributed by atoms with Gasteiger partial charge in [0, 0.05) is 23.8 Å². The van der Waals surface area contributed by atoms with Crippen LogP contribution in [0.3, 0.4) is 0 Å². The minimum absolute atomic E-state index is 0.00132. The first-order chi connectivity index (χ1) is 14.7. The first kappa shape index (κ1) is 22.0. The summed E-state index contributed by atoms with van der Waals surface area (Å²) in [5, 5.41) is 3.07. The van der Waals surface area contributed by atoms with Crippen LogP contribution >= 0.6 is 11.3 Å². The molecule has 31 heavy (non-hydrogen) atoms. The fourth-order valence-corrected chi connectivity index (χ4v) is 5.78. The van der Waals surface area contributed by atoms with Crippen LogP contribution in [0, 0.1) is 5.92 Å². The van der Waals surface area contributed by atoms with Crippen molar-refractivity contribution in [2.45, 2.75) is 62.6 Å². The van der Waals surface area contributed by atoms with Gasteiger partial charge >= 0.3 is 0 Å². The number of rotatable bonds is 6. The molecular weight excluding hydrogens is 434 g/mol. The Morgan fingerprint density at radius 3 is 2.55 bits per heavy atom. The largest absolute Gasteiger partial charge is 0.337 e. The molecule has 0 radical (unpaired) electrons. The Morgan fingerprint density at radius 1 is 1.23 bits per heavy atom. The number of benzene rings is 1. The van der Waals surface area contributed by atoms with Gasteiger partial charge in [0.25, 0.3) is 0 Å². The van der Waals surface area contributed by atoms with Crippen LogP contribution in [0.15, 0.2) is 29.2 Å². The van der Waals surface area contributed by atoms with Crippen LogP contribution in [-0.4, -0.2) is 41.9 Å². The van der Waals surface area contributed by atoms with Gasteiger partial charge in [-0.2, -0.15) is 0 Å². The maximum Gasteiger partial charge on any atom is 0.229 e. The minimum Gasteiger partial charge on any atom is -0.337 e. The smallest absolute Gasteiger partial charge is 0.229 e. The summed E-state index contributed by atoms with van der Waals surface area (Å²) < 4.78 is 24.5. The van der Waals surface area contributed by atoms with E-state index in [-0.39, 0.29) is 29.0 Å². The summed E-state index contributed by atoms with van der Waals surface area (Å²) in [7, 11) is -3.32. The van der Waals surface area contributed by atoms with Gasteiger partial charge in [-0.25, -0.2) is 13.4 Å². The van der Waals surface area contributed by atoms with Crippen molar-refractivity contribution >= 4 is 38.1 Å². The Labute approximate surface area is 186 Å². The summed E-state index contributed by atoms with van der Waals surface area (Å²) in [6.45, 7) is 4.39. The van der Waals surface area contributed by atoms with Gasteiger partial charge in [0.15, 0.2) is 15.0 Å². The Kier molecular flexibility index (Phi) is 6.16. The normalized spacial score (nSPS) is 16.7. The highest BCUT2D eigenvalue weighted by molar-refractivity contribution is 7.92. The zero-order valence-corrected chi connectivity index (χ0v) is 19.4. The lowest BCUT2D eigenvalue weighted by Crippen LogP contribution is -2.36. The number of hydrogen-bond donors (Lipinski definition) is 1. The van der Waals surface area contributed by atoms with Crippen LogP contribution in [0.5, 0.6) is 0 Å². The molecule has 2 amide bonds. The first-order valence-electron chi connectivity index (χ1n) is 10.6. The standard InChI is InChI=1S/C22H27N3O4S2/c1-14(2)31(28,29)17-8-6-15(7-9-17)12-20(26)25-11-10-18-19(13-25)30-22(23-18)24-21(27)16-4-3-5-16/h6-9,14,16H,3-5,10-13H2,1-2H3,(H,23,24,27). The van der Waals surface area contributed by atoms with Gasteiger partial charge in [-0.15, -0.1) is 0 Å². The molecule has 0 unspecified atom stereocenters. The minimum atomic E-state index is -3.32. The van der Waals surface area contributed by atoms with Crippen molar-refractivity contribution in [2.24, 2.45) is 5.92 Å². The molecule has 1 aromatic heterocycles. The molecule has 2 aromatic rings. The number of sulfone groups is 1. The summed E-state index contributed by atoms with van der Waals surface area (Å²) in [6.07, 6.45) is 3.90. The summed E-state index contributed by atoms with van der Waals surface area (Å²) in [4.78, 5) is 32.6. The number of thiazole rings is 1. The second kappa shape index (κ2) is 8.70. The first-order valence-corrected chi connectivity index (χ1v) is 13.0. The topological polar surface area (TPSA) is 96.4 Å². The van der Waals surface area contributed by atoms with Gasteiger partial charge < -0.3 is 10.2 Å². The summed E-state index contributed by atoms with van der Waals surface area (Å²) >= 11 is 1.45. The van der Waals surface area contributed by atoms with Gasteiger partial charge in [-0.1, -0.05) is 29.9 Å². The number of carbonyl (C=O) groups excluding carboxylic acids is 2. The highest BCUT2D eigenvalue weighted by atomic mass is 32.2. The molecule has 4 rings (SSSR count). The quantitative estimate of drug-likeness (QED) is 0.713. The molecule has 1 fully saturated rings. The van der Waals surface area contributed by atoms with E-state index < -0.39 is 15.1 Å². The maximum absolute atomic E-state index is 12.8. The Morgan fingerprint density at radius 2 is 1.94 bits per heavy atom. The summed E-state index contributed by atoms with van der Waals surface area (Å²) in [6, 6.07) is 6.58. The maximum atomic E-state index is 12.8. The molecule has 0 atom stereocenters. The molecular formula is C22H27N3O4S2. The predicted octanol–water partition coefficient (Wildman–Crippen LogP) is 3.19. The number of aromatic nitrogens is 1. The molecule has 0 spiro atoms. The lowest BCUT2D eigenvalue weighted by atomic mass is 9.85. The SMILES string of the molecule is CC(C)S(=O)(=O)c1ccc(CC(=O)N2CCc3nc(NC(=O)C4CCC4)sc3C2)cc1. The number of fused-ring (bicyclic) bond motifs is 1. The third kappa shape index (κ3) is 4.67. The molecule has 1 aromatic carbocycles.